The molecule has 0 saturated carbocycles. The first kappa shape index (κ1) is 29.7. The number of nitrogens with zero attached hydrogens (tertiary/aromatic N) is 2. The lowest BCUT2D eigenvalue weighted by atomic mass is 9.82. The molecule has 0 aliphatic heterocycles. The zero-order valence-electron chi connectivity index (χ0n) is 23.8. The predicted molar refractivity (Wildman–Crippen MR) is 167 cm³/mol. The van der Waals surface area contributed by atoms with E-state index in [9.17, 15) is 24.3 Å². The lowest BCUT2D eigenvalue weighted by Gasteiger charge is -2.24. The van der Waals surface area contributed by atoms with Gasteiger partial charge in [-0.3, -0.25) is 23.9 Å². The normalized spacial score (nSPS) is 16.8. The van der Waals surface area contributed by atoms with Gasteiger partial charge in [0.1, 0.15) is 10.9 Å². The van der Waals surface area contributed by atoms with Crippen LogP contribution in [0.4, 0.5) is 11.4 Å². The van der Waals surface area contributed by atoms with E-state index in [2.05, 4.69) is 10.6 Å². The fourth-order valence-corrected chi connectivity index (χ4v) is 6.28. The van der Waals surface area contributed by atoms with Crippen molar-refractivity contribution in [1.82, 2.24) is 9.36 Å². The third-order valence-corrected chi connectivity index (χ3v) is 8.83. The molecule has 0 radical (unpaired) electrons. The Morgan fingerprint density at radius 2 is 1.53 bits per heavy atom. The zero-order chi connectivity index (χ0) is 30.5. The number of carboxylic acid groups (broad SMARTS) is 1. The van der Waals surface area contributed by atoms with Gasteiger partial charge in [-0.2, -0.15) is 0 Å². The predicted octanol–water partition coefficient (Wildman–Crippen LogP) is 5.56. The Labute approximate surface area is 253 Å². The third kappa shape index (κ3) is 6.49. The fraction of sp³-hybridized carbons (Fsp3) is 0.212. The first-order valence-electron chi connectivity index (χ1n) is 13.9. The number of hydrogen-bond donors (Lipinski definition) is 3. The number of rotatable bonds is 9. The van der Waals surface area contributed by atoms with Gasteiger partial charge in [-0.05, 0) is 55.7 Å². The maximum Gasteiger partial charge on any atom is 0.307 e. The van der Waals surface area contributed by atoms with Crippen molar-refractivity contribution < 1.29 is 19.5 Å². The Balaban J connectivity index is 1.39. The van der Waals surface area contributed by atoms with E-state index in [-0.39, 0.29) is 23.1 Å². The summed E-state index contributed by atoms with van der Waals surface area (Å²) < 4.78 is 3.22. The number of nitrogens with one attached hydrogen (secondary N) is 2. The molecular formula is C33H32N4O5S. The van der Waals surface area contributed by atoms with Crippen molar-refractivity contribution in [2.75, 3.05) is 10.6 Å². The van der Waals surface area contributed by atoms with Crippen LogP contribution >= 0.6 is 11.8 Å². The largest absolute Gasteiger partial charge is 0.481 e. The van der Waals surface area contributed by atoms with E-state index >= 15 is 0 Å². The van der Waals surface area contributed by atoms with E-state index in [1.165, 1.54) is 16.4 Å². The van der Waals surface area contributed by atoms with E-state index in [1.54, 1.807) is 42.9 Å². The Morgan fingerprint density at radius 3 is 2.21 bits per heavy atom. The highest BCUT2D eigenvalue weighted by Gasteiger charge is 2.34. The van der Waals surface area contributed by atoms with Gasteiger partial charge in [0.25, 0.3) is 5.56 Å². The van der Waals surface area contributed by atoms with Crippen molar-refractivity contribution in [3.63, 3.8) is 0 Å². The molecule has 3 atom stereocenters. The minimum absolute atomic E-state index is 0.202. The summed E-state index contributed by atoms with van der Waals surface area (Å²) in [7, 11) is 1.77. The van der Waals surface area contributed by atoms with Gasteiger partial charge in [0.2, 0.25) is 11.8 Å². The van der Waals surface area contributed by atoms with Crippen LogP contribution in [0.1, 0.15) is 29.3 Å². The zero-order valence-corrected chi connectivity index (χ0v) is 24.6. The Kier molecular flexibility index (Phi) is 8.96. The summed E-state index contributed by atoms with van der Waals surface area (Å²) in [5, 5.41) is 14.6. The number of carbonyl (C=O) groups excluding carboxylic acids is 2. The highest BCUT2D eigenvalue weighted by Crippen LogP contribution is 2.37. The van der Waals surface area contributed by atoms with Gasteiger partial charge in [-0.1, -0.05) is 66.7 Å². The summed E-state index contributed by atoms with van der Waals surface area (Å²) in [4.78, 5) is 52.7. The number of benzene rings is 3. The molecule has 220 valence electrons. The maximum absolute atomic E-state index is 13.8. The molecule has 3 unspecified atom stereocenters. The number of carboxylic acids is 1. The summed E-state index contributed by atoms with van der Waals surface area (Å²) in [5.41, 5.74) is 2.42. The van der Waals surface area contributed by atoms with Gasteiger partial charge in [0.15, 0.2) is 0 Å². The number of para-hydroxylation sites is 1. The quantitative estimate of drug-likeness (QED) is 0.172. The van der Waals surface area contributed by atoms with Crippen molar-refractivity contribution in [3.8, 4) is 5.69 Å². The molecule has 0 bridgehead atoms. The maximum atomic E-state index is 13.8. The van der Waals surface area contributed by atoms with Crippen LogP contribution in [-0.2, 0) is 21.4 Å². The molecule has 4 aromatic rings. The number of aromatic nitrogens is 2. The van der Waals surface area contributed by atoms with Crippen LogP contribution in [0.25, 0.3) is 5.69 Å². The van der Waals surface area contributed by atoms with Crippen molar-refractivity contribution in [2.24, 2.45) is 18.9 Å². The molecule has 5 rings (SSSR count). The molecule has 0 fully saturated rings. The van der Waals surface area contributed by atoms with Crippen molar-refractivity contribution in [1.29, 1.82) is 0 Å². The topological polar surface area (TPSA) is 122 Å². The van der Waals surface area contributed by atoms with Crippen LogP contribution < -0.4 is 16.2 Å². The molecule has 0 spiro atoms. The minimum atomic E-state index is -0.991. The van der Waals surface area contributed by atoms with E-state index in [4.69, 9.17) is 0 Å². The highest BCUT2D eigenvalue weighted by atomic mass is 32.2. The second-order valence-corrected chi connectivity index (χ2v) is 11.5. The summed E-state index contributed by atoms with van der Waals surface area (Å²) in [6.07, 6.45) is 4.30. The molecule has 3 N–H and O–H groups in total. The van der Waals surface area contributed by atoms with Gasteiger partial charge in [0.05, 0.1) is 23.2 Å². The number of carbonyl (C=O) groups is 3. The fourth-order valence-electron chi connectivity index (χ4n) is 5.20. The van der Waals surface area contributed by atoms with Crippen LogP contribution in [0.5, 0.6) is 0 Å². The van der Waals surface area contributed by atoms with Crippen molar-refractivity contribution >= 4 is 40.9 Å². The highest BCUT2D eigenvalue weighted by molar-refractivity contribution is 8.00. The second-order valence-electron chi connectivity index (χ2n) is 10.3. The summed E-state index contributed by atoms with van der Waals surface area (Å²) in [6.45, 7) is 1.78. The smallest absolute Gasteiger partial charge is 0.307 e. The summed E-state index contributed by atoms with van der Waals surface area (Å²) in [5.74, 6) is -3.16. The standard InChI is InChI=1S/C33H32N4O5S/c1-21-28(32(40)37(36(21)2)24-15-7-4-8-16-24)35-31(39)29(22-12-5-3-6-13-22)43-25-17-11-14-23(20-25)34-30(38)26-18-9-10-19-27(26)33(41)42/h3-17,20,26-27,29H,18-19H2,1-2H3,(H,34,38)(H,35,39)(H,41,42). The lowest BCUT2D eigenvalue weighted by Crippen LogP contribution is -2.34. The Morgan fingerprint density at radius 1 is 0.884 bits per heavy atom. The Hall–Kier alpha value is -4.83. The number of hydrogen-bond acceptors (Lipinski definition) is 5. The molecule has 9 nitrogen and oxygen atoms in total. The van der Waals surface area contributed by atoms with Gasteiger partial charge < -0.3 is 15.7 Å². The first-order chi connectivity index (χ1) is 20.7. The third-order valence-electron chi connectivity index (χ3n) is 7.58. The molecule has 10 heteroatoms. The molecule has 3 aromatic carbocycles. The van der Waals surface area contributed by atoms with Gasteiger partial charge >= 0.3 is 5.97 Å². The van der Waals surface area contributed by atoms with E-state index < -0.39 is 23.1 Å². The Bertz CT molecular complexity index is 1730. The van der Waals surface area contributed by atoms with Crippen LogP contribution in [0.15, 0.2) is 107 Å². The molecule has 2 amide bonds. The number of thioether (sulfide) groups is 1. The average molecular weight is 597 g/mol. The first-order valence-corrected chi connectivity index (χ1v) is 14.8. The van der Waals surface area contributed by atoms with Crippen LogP contribution in [-0.4, -0.2) is 32.3 Å². The minimum Gasteiger partial charge on any atom is -0.481 e. The van der Waals surface area contributed by atoms with Gasteiger partial charge in [0, 0.05) is 17.6 Å². The molecular weight excluding hydrogens is 564 g/mol. The monoisotopic (exact) mass is 596 g/mol. The molecule has 43 heavy (non-hydrogen) atoms. The van der Waals surface area contributed by atoms with Crippen LogP contribution in [0, 0.1) is 18.8 Å². The molecule has 0 saturated heterocycles. The molecule has 1 aliphatic carbocycles. The summed E-state index contributed by atoms with van der Waals surface area (Å²) in [6, 6.07) is 25.6. The molecule has 1 aromatic heterocycles. The van der Waals surface area contributed by atoms with Crippen molar-refractivity contribution in [3.05, 3.63) is 119 Å². The number of anilines is 2. The average Bonchev–Trinajstić information content (AvgIpc) is 3.23. The number of amides is 2. The van der Waals surface area contributed by atoms with Crippen LogP contribution in [0.2, 0.25) is 0 Å². The molecule has 1 heterocycles. The molecule has 1 aliphatic rings. The van der Waals surface area contributed by atoms with E-state index in [1.807, 2.05) is 72.8 Å². The number of allylic oxidation sites excluding steroid dienone is 2. The van der Waals surface area contributed by atoms with Gasteiger partial charge in [-0.25, -0.2) is 4.68 Å². The summed E-state index contributed by atoms with van der Waals surface area (Å²) >= 11 is 1.29. The van der Waals surface area contributed by atoms with E-state index in [0.29, 0.717) is 34.8 Å². The van der Waals surface area contributed by atoms with Crippen LogP contribution in [0.3, 0.4) is 0 Å². The SMILES string of the molecule is Cc1c(NC(=O)C(Sc2cccc(NC(=O)C3CC=CCC3C(=O)O)c2)c2ccccc2)c(=O)n(-c2ccccc2)n1C. The second kappa shape index (κ2) is 13.0. The van der Waals surface area contributed by atoms with E-state index in [0.717, 1.165) is 5.56 Å². The van der Waals surface area contributed by atoms with Crippen molar-refractivity contribution in [2.45, 2.75) is 29.9 Å². The lowest BCUT2D eigenvalue weighted by molar-refractivity contribution is -0.146. The van der Waals surface area contributed by atoms with Gasteiger partial charge in [-0.15, -0.1) is 11.8 Å². The number of aliphatic carboxylic acids is 1.